The first kappa shape index (κ1) is 21.1. The van der Waals surface area contributed by atoms with Gasteiger partial charge in [-0.25, -0.2) is 4.68 Å². The molecule has 170 valence electrons. The molecule has 1 saturated carbocycles. The summed E-state index contributed by atoms with van der Waals surface area (Å²) in [4.78, 5) is 21.2. The van der Waals surface area contributed by atoms with Crippen molar-refractivity contribution in [3.63, 3.8) is 0 Å². The lowest BCUT2D eigenvalue weighted by Crippen LogP contribution is -2.49. The van der Waals surface area contributed by atoms with E-state index in [9.17, 15) is 4.79 Å². The highest BCUT2D eigenvalue weighted by Crippen LogP contribution is 2.34. The highest BCUT2D eigenvalue weighted by molar-refractivity contribution is 5.80. The van der Waals surface area contributed by atoms with E-state index in [4.69, 9.17) is 4.74 Å². The van der Waals surface area contributed by atoms with Crippen molar-refractivity contribution < 1.29 is 4.74 Å². The first-order valence-electron chi connectivity index (χ1n) is 11.6. The van der Waals surface area contributed by atoms with Crippen molar-refractivity contribution in [3.8, 4) is 5.75 Å². The lowest BCUT2D eigenvalue weighted by Gasteiger charge is -2.38. The Morgan fingerprint density at radius 1 is 1.16 bits per heavy atom. The number of rotatable bonds is 6. The molecule has 9 heteroatoms. The molecule has 32 heavy (non-hydrogen) atoms. The van der Waals surface area contributed by atoms with Gasteiger partial charge in [-0.05, 0) is 54.1 Å². The summed E-state index contributed by atoms with van der Waals surface area (Å²) in [6.07, 6.45) is 4.56. The van der Waals surface area contributed by atoms with Crippen LogP contribution in [-0.2, 0) is 0 Å². The number of pyridine rings is 1. The minimum Gasteiger partial charge on any atom is -0.497 e. The first-order valence-corrected chi connectivity index (χ1v) is 11.6. The van der Waals surface area contributed by atoms with Crippen LogP contribution in [0.4, 0.5) is 0 Å². The van der Waals surface area contributed by atoms with Crippen LogP contribution in [0.15, 0.2) is 29.1 Å². The lowest BCUT2D eigenvalue weighted by atomic mass is 10.0. The van der Waals surface area contributed by atoms with Crippen molar-refractivity contribution in [3.05, 3.63) is 46.0 Å². The van der Waals surface area contributed by atoms with E-state index in [1.807, 2.05) is 28.9 Å². The average Bonchev–Trinajstić information content (AvgIpc) is 3.52. The highest BCUT2D eigenvalue weighted by Gasteiger charge is 2.34. The Labute approximate surface area is 187 Å². The summed E-state index contributed by atoms with van der Waals surface area (Å²) >= 11 is 0. The fraction of sp³-hybridized carbons (Fsp3) is 0.565. The first-order chi connectivity index (χ1) is 15.7. The Kier molecular flexibility index (Phi) is 5.93. The zero-order valence-electron chi connectivity index (χ0n) is 18.8. The Hall–Kier alpha value is -2.78. The summed E-state index contributed by atoms with van der Waals surface area (Å²) in [6.45, 7) is 6.90. The largest absolute Gasteiger partial charge is 0.497 e. The number of tetrazole rings is 1. The summed E-state index contributed by atoms with van der Waals surface area (Å²) in [7, 11) is 1.65. The van der Waals surface area contributed by atoms with E-state index in [0.29, 0.717) is 11.6 Å². The van der Waals surface area contributed by atoms with E-state index in [1.165, 1.54) is 12.8 Å². The quantitative estimate of drug-likeness (QED) is 0.633. The Balaban J connectivity index is 1.61. The summed E-state index contributed by atoms with van der Waals surface area (Å²) < 4.78 is 7.39. The number of nitrogens with one attached hydrogen (secondary N) is 1. The molecule has 9 nitrogen and oxygen atoms in total. The molecule has 1 aliphatic carbocycles. The number of fused-ring (bicyclic) bond motifs is 1. The number of benzene rings is 1. The molecule has 1 atom stereocenters. The number of H-pyrrole nitrogens is 1. The molecular formula is C23H31N7O2. The molecule has 1 aromatic carbocycles. The molecule has 5 rings (SSSR count). The molecule has 2 fully saturated rings. The van der Waals surface area contributed by atoms with Crippen molar-refractivity contribution >= 4 is 10.9 Å². The smallest absolute Gasteiger partial charge is 0.253 e. The second-order valence-electron chi connectivity index (χ2n) is 8.80. The van der Waals surface area contributed by atoms with E-state index in [0.717, 1.165) is 68.0 Å². The van der Waals surface area contributed by atoms with Crippen LogP contribution in [0.3, 0.4) is 0 Å². The van der Waals surface area contributed by atoms with E-state index < -0.39 is 0 Å². The molecule has 0 radical (unpaired) electrons. The van der Waals surface area contributed by atoms with Gasteiger partial charge in [0.05, 0.1) is 13.2 Å². The van der Waals surface area contributed by atoms with Crippen molar-refractivity contribution in [2.75, 3.05) is 39.8 Å². The topological polar surface area (TPSA) is 92.2 Å². The average molecular weight is 438 g/mol. The van der Waals surface area contributed by atoms with Crippen LogP contribution in [0, 0.1) is 0 Å². The molecule has 3 aromatic rings. The van der Waals surface area contributed by atoms with Crippen LogP contribution in [0.5, 0.6) is 5.75 Å². The van der Waals surface area contributed by atoms with E-state index in [2.05, 4.69) is 37.2 Å². The fourth-order valence-electron chi connectivity index (χ4n) is 5.16. The zero-order valence-corrected chi connectivity index (χ0v) is 18.8. The van der Waals surface area contributed by atoms with Gasteiger partial charge in [0.25, 0.3) is 5.56 Å². The standard InChI is InChI=1S/C23H31N7O2/c1-3-28-10-12-29(13-11-28)21(22-25-26-27-30(22)17-6-4-5-7-17)19-15-16-14-18(32-2)8-9-20(16)24-23(19)31/h8-9,14-15,17,21H,3-7,10-13H2,1-2H3,(H,24,31)/t21-/m0/s1. The van der Waals surface area contributed by atoms with Gasteiger partial charge in [0.2, 0.25) is 0 Å². The van der Waals surface area contributed by atoms with Crippen molar-refractivity contribution in [1.82, 2.24) is 35.0 Å². The number of aromatic nitrogens is 5. The van der Waals surface area contributed by atoms with Crippen molar-refractivity contribution in [2.24, 2.45) is 0 Å². The van der Waals surface area contributed by atoms with E-state index in [1.54, 1.807) is 7.11 Å². The van der Waals surface area contributed by atoms with Crippen molar-refractivity contribution in [2.45, 2.75) is 44.7 Å². The van der Waals surface area contributed by atoms with E-state index >= 15 is 0 Å². The van der Waals surface area contributed by atoms with Crippen LogP contribution < -0.4 is 10.3 Å². The monoisotopic (exact) mass is 437 g/mol. The minimum atomic E-state index is -0.288. The predicted molar refractivity (Wildman–Crippen MR) is 122 cm³/mol. The van der Waals surface area contributed by atoms with Crippen LogP contribution in [0.1, 0.15) is 56.1 Å². The van der Waals surface area contributed by atoms with Gasteiger partial charge < -0.3 is 14.6 Å². The molecule has 1 saturated heterocycles. The van der Waals surface area contributed by atoms with Gasteiger partial charge in [-0.2, -0.15) is 0 Å². The number of piperazine rings is 1. The molecule has 0 amide bonds. The number of likely N-dealkylation sites (N-methyl/N-ethyl adjacent to an activating group) is 1. The maximum absolute atomic E-state index is 13.3. The van der Waals surface area contributed by atoms with Gasteiger partial charge in [0, 0.05) is 42.6 Å². The molecule has 0 spiro atoms. The Bertz CT molecular complexity index is 1130. The molecule has 1 aliphatic heterocycles. The van der Waals surface area contributed by atoms with E-state index in [-0.39, 0.29) is 11.6 Å². The van der Waals surface area contributed by atoms with Crippen LogP contribution in [0.25, 0.3) is 10.9 Å². The SMILES string of the molecule is CCN1CCN([C@@H](c2cc3cc(OC)ccc3[nH]c2=O)c2nnnn2C2CCCC2)CC1. The summed E-state index contributed by atoms with van der Waals surface area (Å²) in [6, 6.07) is 7.71. The lowest BCUT2D eigenvalue weighted by molar-refractivity contribution is 0.107. The predicted octanol–water partition coefficient (Wildman–Crippen LogP) is 2.37. The minimum absolute atomic E-state index is 0.0911. The van der Waals surface area contributed by atoms with Gasteiger partial charge in [0.1, 0.15) is 11.8 Å². The molecule has 0 unspecified atom stereocenters. The van der Waals surface area contributed by atoms with Gasteiger partial charge in [0.15, 0.2) is 5.82 Å². The summed E-state index contributed by atoms with van der Waals surface area (Å²) in [5, 5.41) is 13.8. The third-order valence-corrected chi connectivity index (χ3v) is 7.03. The maximum Gasteiger partial charge on any atom is 0.253 e. The molecule has 0 bridgehead atoms. The highest BCUT2D eigenvalue weighted by atomic mass is 16.5. The molecule has 3 heterocycles. The molecule has 2 aromatic heterocycles. The van der Waals surface area contributed by atoms with Gasteiger partial charge in [-0.3, -0.25) is 9.69 Å². The normalized spacial score (nSPS) is 19.6. The number of aromatic amines is 1. The molecule has 2 aliphatic rings. The Morgan fingerprint density at radius 3 is 2.66 bits per heavy atom. The van der Waals surface area contributed by atoms with Gasteiger partial charge >= 0.3 is 0 Å². The third kappa shape index (κ3) is 3.91. The van der Waals surface area contributed by atoms with Crippen LogP contribution >= 0.6 is 0 Å². The number of hydrogen-bond donors (Lipinski definition) is 1. The second kappa shape index (κ2) is 8.99. The van der Waals surface area contributed by atoms with Gasteiger partial charge in [-0.15, -0.1) is 5.10 Å². The summed E-state index contributed by atoms with van der Waals surface area (Å²) in [5.74, 6) is 1.54. The Morgan fingerprint density at radius 2 is 1.94 bits per heavy atom. The zero-order chi connectivity index (χ0) is 22.1. The third-order valence-electron chi connectivity index (χ3n) is 7.03. The number of nitrogens with zero attached hydrogens (tertiary/aromatic N) is 6. The number of hydrogen-bond acceptors (Lipinski definition) is 7. The van der Waals surface area contributed by atoms with Crippen LogP contribution in [-0.4, -0.2) is 74.8 Å². The van der Waals surface area contributed by atoms with Crippen molar-refractivity contribution in [1.29, 1.82) is 0 Å². The molecule has 1 N–H and O–H groups in total. The number of methoxy groups -OCH3 is 1. The molecular weight excluding hydrogens is 406 g/mol. The summed E-state index contributed by atoms with van der Waals surface area (Å²) in [5.41, 5.74) is 1.39. The second-order valence-corrected chi connectivity index (χ2v) is 8.80. The van der Waals surface area contributed by atoms with Crippen LogP contribution in [0.2, 0.25) is 0 Å². The maximum atomic E-state index is 13.3. The fourth-order valence-corrected chi connectivity index (χ4v) is 5.16. The van der Waals surface area contributed by atoms with Gasteiger partial charge in [-0.1, -0.05) is 19.8 Å². The number of ether oxygens (including phenoxy) is 1.